The zero-order chi connectivity index (χ0) is 19.0. The lowest BCUT2D eigenvalue weighted by Crippen LogP contribution is -2.48. The molecule has 6 heteroatoms. The fraction of sp³-hybridized carbons (Fsp3) is 1.00. The Morgan fingerprint density at radius 1 is 0.538 bits per heavy atom. The highest BCUT2D eigenvalue weighted by Crippen LogP contribution is 2.13. The second-order valence-corrected chi connectivity index (χ2v) is 7.80. The average molecular weight is 399 g/mol. The Morgan fingerprint density at radius 3 is 1.35 bits per heavy atom. The smallest absolute Gasteiger partial charge is 0.183 e. The highest BCUT2D eigenvalue weighted by molar-refractivity contribution is 5.85. The summed E-state index contributed by atoms with van der Waals surface area (Å²) in [5.74, 6) is 0. The van der Waals surface area contributed by atoms with Crippen molar-refractivity contribution >= 4 is 12.4 Å². The first kappa shape index (κ1) is 28.3. The highest BCUT2D eigenvalue weighted by atomic mass is 35.5. The van der Waals surface area contributed by atoms with Gasteiger partial charge < -0.3 is 4.48 Å². The molecule has 0 aliphatic carbocycles. The van der Waals surface area contributed by atoms with Crippen LogP contribution in [0.25, 0.3) is 0 Å². The van der Waals surface area contributed by atoms with Gasteiger partial charge >= 0.3 is 0 Å². The minimum Gasteiger partial charge on any atom is -0.328 e. The minimum atomic E-state index is -0.196. The van der Waals surface area contributed by atoms with E-state index >= 15 is 0 Å². The van der Waals surface area contributed by atoms with Crippen LogP contribution in [0.4, 0.5) is 0 Å². The fourth-order valence-corrected chi connectivity index (χ4v) is 3.33. The van der Waals surface area contributed by atoms with Crippen molar-refractivity contribution in [1.82, 2.24) is 0 Å². The van der Waals surface area contributed by atoms with Gasteiger partial charge in [-0.15, -0.1) is 26.9 Å². The maximum atomic E-state index is 5.30. The molecule has 0 aromatic rings. The maximum absolute atomic E-state index is 5.30. The third kappa shape index (κ3) is 14.2. The zero-order valence-corrected chi connectivity index (χ0v) is 19.2. The van der Waals surface area contributed by atoms with Crippen LogP contribution in [0, 0.1) is 0 Å². The van der Waals surface area contributed by atoms with Crippen LogP contribution in [-0.4, -0.2) is 64.5 Å². The molecular formula is C20H47ClN2O3+2. The average Bonchev–Trinajstić information content (AvgIpc) is 2.60. The van der Waals surface area contributed by atoms with E-state index in [0.717, 1.165) is 17.4 Å². The summed E-state index contributed by atoms with van der Waals surface area (Å²) in [7, 11) is 9.45. The van der Waals surface area contributed by atoms with E-state index in [1.165, 1.54) is 70.8 Å². The van der Waals surface area contributed by atoms with Crippen molar-refractivity contribution in [2.24, 2.45) is 0 Å². The van der Waals surface area contributed by atoms with Crippen LogP contribution >= 0.6 is 12.4 Å². The van der Waals surface area contributed by atoms with Crippen molar-refractivity contribution in [3.63, 3.8) is 0 Å². The van der Waals surface area contributed by atoms with Crippen LogP contribution in [0.3, 0.4) is 0 Å². The topological polar surface area (TPSA) is 27.7 Å². The lowest BCUT2D eigenvalue weighted by atomic mass is 10.1. The normalized spacial score (nSPS) is 12.2. The summed E-state index contributed by atoms with van der Waals surface area (Å²) in [6, 6.07) is 0. The van der Waals surface area contributed by atoms with Crippen LogP contribution in [0.1, 0.15) is 77.6 Å². The van der Waals surface area contributed by atoms with Crippen LogP contribution in [0.5, 0.6) is 0 Å². The molecular weight excluding hydrogens is 352 g/mol. The van der Waals surface area contributed by atoms with Gasteiger partial charge in [-0.2, -0.15) is 0 Å². The molecule has 0 aliphatic heterocycles. The predicted molar refractivity (Wildman–Crippen MR) is 112 cm³/mol. The molecule has 0 aliphatic rings. The number of hydroxylamine groups is 3. The Balaban J connectivity index is 0. The van der Waals surface area contributed by atoms with Gasteiger partial charge in [0, 0.05) is 0 Å². The predicted octanol–water partition coefficient (Wildman–Crippen LogP) is 5.30. The Kier molecular flexibility index (Phi) is 18.7. The quantitative estimate of drug-likeness (QED) is 0.178. The number of quaternary nitrogens is 2. The Bertz CT molecular complexity index is 293. The van der Waals surface area contributed by atoms with Gasteiger partial charge in [-0.1, -0.05) is 58.3 Å². The van der Waals surface area contributed by atoms with E-state index in [2.05, 4.69) is 21.0 Å². The summed E-state index contributed by atoms with van der Waals surface area (Å²) in [6.45, 7) is 5.32. The van der Waals surface area contributed by atoms with Gasteiger partial charge in [-0.25, -0.2) is 0 Å². The van der Waals surface area contributed by atoms with Crippen molar-refractivity contribution in [3.8, 4) is 0 Å². The van der Waals surface area contributed by atoms with Crippen molar-refractivity contribution in [2.75, 3.05) is 55.1 Å². The molecule has 0 rings (SSSR count). The number of hydrogen-bond donors (Lipinski definition) is 0. The molecule has 0 saturated heterocycles. The second kappa shape index (κ2) is 17.2. The number of halogens is 1. The fourth-order valence-electron chi connectivity index (χ4n) is 3.33. The molecule has 26 heavy (non-hydrogen) atoms. The first-order valence-corrected chi connectivity index (χ1v) is 10.3. The first-order valence-electron chi connectivity index (χ1n) is 10.3. The molecule has 0 heterocycles. The van der Waals surface area contributed by atoms with E-state index in [9.17, 15) is 0 Å². The summed E-state index contributed by atoms with van der Waals surface area (Å²) in [5.41, 5.74) is 0. The van der Waals surface area contributed by atoms with Crippen LogP contribution in [-0.2, 0) is 14.5 Å². The molecule has 0 amide bonds. The summed E-state index contributed by atoms with van der Waals surface area (Å²) < 4.78 is 1.05. The van der Waals surface area contributed by atoms with Gasteiger partial charge in [0.15, 0.2) is 6.54 Å². The minimum absolute atomic E-state index is 0. The van der Waals surface area contributed by atoms with Gasteiger partial charge in [0.1, 0.15) is 21.3 Å². The van der Waals surface area contributed by atoms with Crippen LogP contribution in [0.2, 0.25) is 0 Å². The Hall–Kier alpha value is 0.0900. The molecule has 0 fully saturated rings. The van der Waals surface area contributed by atoms with Crippen LogP contribution in [0.15, 0.2) is 0 Å². The molecule has 0 bridgehead atoms. The first-order chi connectivity index (χ1) is 11.9. The van der Waals surface area contributed by atoms with Crippen molar-refractivity contribution < 1.29 is 24.0 Å². The van der Waals surface area contributed by atoms with Crippen molar-refractivity contribution in [3.05, 3.63) is 0 Å². The number of rotatable bonds is 18. The number of unbranched alkanes of at least 4 members (excludes halogenated alkanes) is 9. The molecule has 0 radical (unpaired) electrons. The molecule has 0 aromatic heterocycles. The second-order valence-electron chi connectivity index (χ2n) is 7.80. The van der Waals surface area contributed by atoms with Gasteiger partial charge in [0.2, 0.25) is 0 Å². The Labute approximate surface area is 169 Å². The highest BCUT2D eigenvalue weighted by Gasteiger charge is 2.31. The van der Waals surface area contributed by atoms with Gasteiger partial charge in [-0.3, -0.25) is 0 Å². The molecule has 0 atom stereocenters. The number of hydrogen-bond acceptors (Lipinski definition) is 3. The molecule has 0 spiro atoms. The van der Waals surface area contributed by atoms with Crippen molar-refractivity contribution in [1.29, 1.82) is 0 Å². The standard InChI is InChI=1S/C20H46N2O3.ClH/c1-7-8-9-10-11-12-13-14-15-16-18-21(2,3)19-17-20-22(23-4,24-5)25-6;/h7-20H2,1-6H3;1H/q+2;. The largest absolute Gasteiger partial charge is 0.328 e. The Morgan fingerprint density at radius 2 is 0.923 bits per heavy atom. The van der Waals surface area contributed by atoms with E-state index in [0.29, 0.717) is 6.54 Å². The molecule has 0 unspecified atom stereocenters. The molecule has 0 N–H and O–H groups in total. The summed E-state index contributed by atoms with van der Waals surface area (Å²) in [5, 5.41) is 0. The summed E-state index contributed by atoms with van der Waals surface area (Å²) in [4.78, 5) is 15.7. The van der Waals surface area contributed by atoms with Gasteiger partial charge in [0.25, 0.3) is 0 Å². The van der Waals surface area contributed by atoms with E-state index < -0.39 is 0 Å². The van der Waals surface area contributed by atoms with Crippen molar-refractivity contribution in [2.45, 2.75) is 77.6 Å². The lowest BCUT2D eigenvalue weighted by molar-refractivity contribution is -1.36. The molecule has 0 saturated carbocycles. The molecule has 5 nitrogen and oxygen atoms in total. The maximum Gasteiger partial charge on any atom is 0.183 e. The van der Waals surface area contributed by atoms with E-state index in [1.807, 2.05) is 0 Å². The van der Waals surface area contributed by atoms with Gasteiger partial charge in [0.05, 0.1) is 38.6 Å². The SMILES string of the molecule is CCCCCCCCCCCC[N+](C)(C)CCC[N+](OC)(OC)OC.Cl. The summed E-state index contributed by atoms with van der Waals surface area (Å²) in [6.07, 6.45) is 15.0. The van der Waals surface area contributed by atoms with Crippen LogP contribution < -0.4 is 0 Å². The zero-order valence-electron chi connectivity index (χ0n) is 18.4. The monoisotopic (exact) mass is 398 g/mol. The lowest BCUT2D eigenvalue weighted by Gasteiger charge is -2.31. The van der Waals surface area contributed by atoms with E-state index in [4.69, 9.17) is 14.5 Å². The third-order valence-electron chi connectivity index (χ3n) is 5.15. The molecule has 160 valence electrons. The van der Waals surface area contributed by atoms with Gasteiger partial charge in [-0.05, 0) is 12.8 Å². The van der Waals surface area contributed by atoms with E-state index in [1.54, 1.807) is 21.3 Å². The number of nitrogens with zero attached hydrogens (tertiary/aromatic N) is 2. The summed E-state index contributed by atoms with van der Waals surface area (Å²) >= 11 is 0. The molecule has 0 aromatic carbocycles. The third-order valence-corrected chi connectivity index (χ3v) is 5.15. The van der Waals surface area contributed by atoms with E-state index in [-0.39, 0.29) is 17.4 Å².